The number of hydrogen-bond donors (Lipinski definition) is 2. The molecular formula is C23H27FN4O3. The number of carbonyl (C=O) groups is 2. The first-order valence-corrected chi connectivity index (χ1v) is 10.7. The number of amides is 2. The maximum absolute atomic E-state index is 13.9. The Morgan fingerprint density at radius 1 is 1.10 bits per heavy atom. The van der Waals surface area contributed by atoms with E-state index in [0.717, 1.165) is 39.1 Å². The standard InChI is InChI=1S/C23H27FN4O3/c24-17-6-1-3-8-19(17)28-14-12-27(13-15-28)11-5-10-25-22(29)16-21-23(30)26-18-7-2-4-9-20(18)31-21/h1-4,6-9,21H,5,10-16H2,(H,25,29)(H,26,30)/t21-/m0/s1. The quantitative estimate of drug-likeness (QED) is 0.665. The molecule has 2 amide bonds. The van der Waals surface area contributed by atoms with E-state index in [9.17, 15) is 14.0 Å². The van der Waals surface area contributed by atoms with Crippen molar-refractivity contribution in [2.45, 2.75) is 18.9 Å². The van der Waals surface area contributed by atoms with E-state index in [0.29, 0.717) is 23.7 Å². The topological polar surface area (TPSA) is 73.9 Å². The van der Waals surface area contributed by atoms with Crippen LogP contribution in [0.2, 0.25) is 0 Å². The fourth-order valence-corrected chi connectivity index (χ4v) is 3.92. The van der Waals surface area contributed by atoms with Crippen LogP contribution in [-0.2, 0) is 9.59 Å². The molecule has 2 aromatic rings. The van der Waals surface area contributed by atoms with Crippen molar-refractivity contribution in [3.63, 3.8) is 0 Å². The number of nitrogens with zero attached hydrogens (tertiary/aromatic N) is 2. The van der Waals surface area contributed by atoms with Gasteiger partial charge in [0.2, 0.25) is 5.91 Å². The highest BCUT2D eigenvalue weighted by Gasteiger charge is 2.29. The lowest BCUT2D eigenvalue weighted by atomic mass is 10.1. The highest BCUT2D eigenvalue weighted by molar-refractivity contribution is 5.99. The average Bonchev–Trinajstić information content (AvgIpc) is 2.78. The summed E-state index contributed by atoms with van der Waals surface area (Å²) >= 11 is 0. The first-order chi connectivity index (χ1) is 15.1. The van der Waals surface area contributed by atoms with Crippen molar-refractivity contribution in [3.05, 3.63) is 54.3 Å². The van der Waals surface area contributed by atoms with Crippen molar-refractivity contribution >= 4 is 23.2 Å². The van der Waals surface area contributed by atoms with Gasteiger partial charge in [-0.15, -0.1) is 0 Å². The van der Waals surface area contributed by atoms with Gasteiger partial charge in [0.25, 0.3) is 5.91 Å². The van der Waals surface area contributed by atoms with Crippen LogP contribution in [0.15, 0.2) is 48.5 Å². The maximum atomic E-state index is 13.9. The molecule has 0 unspecified atom stereocenters. The Labute approximate surface area is 181 Å². The van der Waals surface area contributed by atoms with E-state index >= 15 is 0 Å². The van der Waals surface area contributed by atoms with Gasteiger partial charge in [-0.3, -0.25) is 14.5 Å². The fraction of sp³-hybridized carbons (Fsp3) is 0.391. The zero-order valence-corrected chi connectivity index (χ0v) is 17.4. The van der Waals surface area contributed by atoms with Crippen molar-refractivity contribution < 1.29 is 18.7 Å². The summed E-state index contributed by atoms with van der Waals surface area (Å²) in [7, 11) is 0. The molecule has 0 saturated carbocycles. The Morgan fingerprint density at radius 3 is 2.65 bits per heavy atom. The van der Waals surface area contributed by atoms with Gasteiger partial charge in [-0.25, -0.2) is 4.39 Å². The number of piperazine rings is 1. The molecule has 1 fully saturated rings. The minimum atomic E-state index is -0.818. The van der Waals surface area contributed by atoms with E-state index in [1.165, 1.54) is 6.07 Å². The second kappa shape index (κ2) is 9.78. The molecule has 2 aromatic carbocycles. The number of hydrogen-bond acceptors (Lipinski definition) is 5. The molecule has 2 aliphatic heterocycles. The minimum absolute atomic E-state index is 0.0124. The summed E-state index contributed by atoms with van der Waals surface area (Å²) in [5.74, 6) is -0.113. The predicted octanol–water partition coefficient (Wildman–Crippen LogP) is 2.24. The van der Waals surface area contributed by atoms with E-state index in [-0.39, 0.29) is 24.1 Å². The molecule has 31 heavy (non-hydrogen) atoms. The zero-order chi connectivity index (χ0) is 21.6. The molecule has 8 heteroatoms. The van der Waals surface area contributed by atoms with Crippen LogP contribution in [0.5, 0.6) is 5.75 Å². The van der Waals surface area contributed by atoms with E-state index in [1.54, 1.807) is 18.2 Å². The lowest BCUT2D eigenvalue weighted by Gasteiger charge is -2.36. The van der Waals surface area contributed by atoms with Gasteiger partial charge in [0, 0.05) is 32.7 Å². The SMILES string of the molecule is O=C(C[C@@H]1Oc2ccccc2NC1=O)NCCCN1CCN(c2ccccc2F)CC1. The second-order valence-electron chi connectivity index (χ2n) is 7.78. The Bertz CT molecular complexity index is 931. The number of para-hydroxylation sites is 3. The van der Waals surface area contributed by atoms with E-state index in [1.807, 2.05) is 24.3 Å². The minimum Gasteiger partial charge on any atom is -0.478 e. The smallest absolute Gasteiger partial charge is 0.266 e. The number of ether oxygens (including phenoxy) is 1. The number of rotatable bonds is 7. The number of benzene rings is 2. The number of nitrogens with one attached hydrogen (secondary N) is 2. The predicted molar refractivity (Wildman–Crippen MR) is 117 cm³/mol. The van der Waals surface area contributed by atoms with Gasteiger partial charge in [-0.1, -0.05) is 24.3 Å². The third-order valence-corrected chi connectivity index (χ3v) is 5.62. The summed E-state index contributed by atoms with van der Waals surface area (Å²) in [6.07, 6.45) is -0.0191. The average molecular weight is 426 g/mol. The summed E-state index contributed by atoms with van der Waals surface area (Å²) in [6.45, 7) is 4.68. The molecule has 4 rings (SSSR count). The van der Waals surface area contributed by atoms with Crippen LogP contribution in [0, 0.1) is 5.82 Å². The molecular weight excluding hydrogens is 399 g/mol. The number of halogens is 1. The summed E-state index contributed by atoms with van der Waals surface area (Å²) in [5, 5.41) is 5.64. The van der Waals surface area contributed by atoms with Gasteiger partial charge in [0.1, 0.15) is 11.6 Å². The molecule has 0 aromatic heterocycles. The van der Waals surface area contributed by atoms with E-state index in [4.69, 9.17) is 4.74 Å². The highest BCUT2D eigenvalue weighted by atomic mass is 19.1. The van der Waals surface area contributed by atoms with Gasteiger partial charge in [0.15, 0.2) is 6.10 Å². The maximum Gasteiger partial charge on any atom is 0.266 e. The molecule has 1 saturated heterocycles. The van der Waals surface area contributed by atoms with Gasteiger partial charge in [0.05, 0.1) is 17.8 Å². The molecule has 0 bridgehead atoms. The van der Waals surface area contributed by atoms with Crippen molar-refractivity contribution in [2.24, 2.45) is 0 Å². The molecule has 0 aliphatic carbocycles. The highest BCUT2D eigenvalue weighted by Crippen LogP contribution is 2.29. The summed E-state index contributed by atoms with van der Waals surface area (Å²) < 4.78 is 19.6. The number of anilines is 2. The van der Waals surface area contributed by atoms with Crippen molar-refractivity contribution in [2.75, 3.05) is 49.5 Å². The van der Waals surface area contributed by atoms with Crippen LogP contribution in [-0.4, -0.2) is 62.1 Å². The first-order valence-electron chi connectivity index (χ1n) is 10.7. The molecule has 2 heterocycles. The van der Waals surface area contributed by atoms with Crippen molar-refractivity contribution in [1.82, 2.24) is 10.2 Å². The lowest BCUT2D eigenvalue weighted by molar-refractivity contribution is -0.130. The van der Waals surface area contributed by atoms with Crippen LogP contribution < -0.4 is 20.3 Å². The molecule has 164 valence electrons. The van der Waals surface area contributed by atoms with Crippen LogP contribution in [0.4, 0.5) is 15.8 Å². The van der Waals surface area contributed by atoms with Crippen molar-refractivity contribution in [1.29, 1.82) is 0 Å². The summed E-state index contributed by atoms with van der Waals surface area (Å²) in [6, 6.07) is 14.0. The molecule has 7 nitrogen and oxygen atoms in total. The van der Waals surface area contributed by atoms with Gasteiger partial charge < -0.3 is 20.3 Å². The first kappa shape index (κ1) is 21.1. The van der Waals surface area contributed by atoms with E-state index < -0.39 is 6.10 Å². The number of carbonyl (C=O) groups excluding carboxylic acids is 2. The van der Waals surface area contributed by atoms with Gasteiger partial charge in [-0.2, -0.15) is 0 Å². The molecule has 1 atom stereocenters. The van der Waals surface area contributed by atoms with Gasteiger partial charge in [-0.05, 0) is 37.2 Å². The number of fused-ring (bicyclic) bond motifs is 1. The molecule has 0 spiro atoms. The zero-order valence-electron chi connectivity index (χ0n) is 17.4. The summed E-state index contributed by atoms with van der Waals surface area (Å²) in [4.78, 5) is 28.7. The molecule has 2 N–H and O–H groups in total. The lowest BCUT2D eigenvalue weighted by Crippen LogP contribution is -2.47. The monoisotopic (exact) mass is 426 g/mol. The normalized spacial score (nSPS) is 18.7. The van der Waals surface area contributed by atoms with Crippen LogP contribution >= 0.6 is 0 Å². The third kappa shape index (κ3) is 5.32. The van der Waals surface area contributed by atoms with Crippen LogP contribution in [0.1, 0.15) is 12.8 Å². The Kier molecular flexibility index (Phi) is 6.66. The van der Waals surface area contributed by atoms with Crippen molar-refractivity contribution in [3.8, 4) is 5.75 Å². The molecule has 0 radical (unpaired) electrons. The van der Waals surface area contributed by atoms with Crippen LogP contribution in [0.3, 0.4) is 0 Å². The van der Waals surface area contributed by atoms with Gasteiger partial charge >= 0.3 is 0 Å². The fourth-order valence-electron chi connectivity index (χ4n) is 3.92. The molecule has 2 aliphatic rings. The van der Waals surface area contributed by atoms with E-state index in [2.05, 4.69) is 20.4 Å². The Balaban J connectivity index is 1.14. The Hall–Kier alpha value is -3.13. The summed E-state index contributed by atoms with van der Waals surface area (Å²) in [5.41, 5.74) is 1.28. The largest absolute Gasteiger partial charge is 0.478 e. The van der Waals surface area contributed by atoms with Crippen LogP contribution in [0.25, 0.3) is 0 Å². The third-order valence-electron chi connectivity index (χ3n) is 5.62. The Morgan fingerprint density at radius 2 is 1.84 bits per heavy atom. The second-order valence-corrected chi connectivity index (χ2v) is 7.78.